The molecule has 3 heterocycles. The highest BCUT2D eigenvalue weighted by Crippen LogP contribution is 2.40. The van der Waals surface area contributed by atoms with Crippen molar-refractivity contribution >= 4 is 34.3 Å². The molecule has 0 bridgehead atoms. The first-order valence-corrected chi connectivity index (χ1v) is 12.3. The van der Waals surface area contributed by atoms with E-state index >= 15 is 0 Å². The fourth-order valence-corrected chi connectivity index (χ4v) is 4.83. The second-order valence-corrected chi connectivity index (χ2v) is 9.69. The molecule has 5 rings (SSSR count). The molecule has 13 heteroatoms. The van der Waals surface area contributed by atoms with Crippen molar-refractivity contribution in [2.24, 2.45) is 0 Å². The predicted molar refractivity (Wildman–Crippen MR) is 135 cm³/mol. The van der Waals surface area contributed by atoms with Gasteiger partial charge >= 0.3 is 12.4 Å². The van der Waals surface area contributed by atoms with Gasteiger partial charge in [-0.1, -0.05) is 30.9 Å². The maximum atomic E-state index is 14.0. The first kappa shape index (κ1) is 27.7. The maximum absolute atomic E-state index is 14.0. The number of aromatic nitrogens is 3. The quantitative estimate of drug-likeness (QED) is 0.248. The van der Waals surface area contributed by atoms with Crippen LogP contribution in [0, 0.1) is 0 Å². The Morgan fingerprint density at radius 2 is 1.68 bits per heavy atom. The summed E-state index contributed by atoms with van der Waals surface area (Å²) >= 11 is 0. The zero-order valence-corrected chi connectivity index (χ0v) is 21.0. The van der Waals surface area contributed by atoms with Crippen molar-refractivity contribution in [2.75, 3.05) is 23.3 Å². The average Bonchev–Trinajstić information content (AvgIpc) is 3.34. The van der Waals surface area contributed by atoms with Gasteiger partial charge in [-0.05, 0) is 30.7 Å². The van der Waals surface area contributed by atoms with Gasteiger partial charge in [-0.3, -0.25) is 4.40 Å². The first-order chi connectivity index (χ1) is 18.7. The summed E-state index contributed by atoms with van der Waals surface area (Å²) in [5.74, 6) is -3.05. The number of para-hydroxylation sites is 1. The molecular formula is C27H23F8N5. The summed E-state index contributed by atoms with van der Waals surface area (Å²) in [6.45, 7) is 4.90. The number of nitrogens with one attached hydrogen (secondary N) is 1. The van der Waals surface area contributed by atoms with Crippen molar-refractivity contribution in [3.63, 3.8) is 0 Å². The van der Waals surface area contributed by atoms with Gasteiger partial charge in [0.15, 0.2) is 5.69 Å². The Labute approximate surface area is 223 Å². The highest BCUT2D eigenvalue weighted by atomic mass is 19.4. The van der Waals surface area contributed by atoms with E-state index in [1.165, 1.54) is 4.90 Å². The van der Waals surface area contributed by atoms with Crippen LogP contribution in [0.25, 0.3) is 22.6 Å². The lowest BCUT2D eigenvalue weighted by molar-refractivity contribution is -0.141. The van der Waals surface area contributed by atoms with Crippen LogP contribution in [-0.2, 0) is 12.4 Å². The number of hydrogen-bond donors (Lipinski definition) is 1. The summed E-state index contributed by atoms with van der Waals surface area (Å²) in [7, 11) is 0. The van der Waals surface area contributed by atoms with Gasteiger partial charge in [-0.15, -0.1) is 0 Å². The fraction of sp³-hybridized carbons (Fsp3) is 0.333. The lowest BCUT2D eigenvalue weighted by Gasteiger charge is -2.33. The molecule has 40 heavy (non-hydrogen) atoms. The minimum Gasteiger partial charge on any atom is -0.378 e. The van der Waals surface area contributed by atoms with Crippen LogP contribution in [0.3, 0.4) is 0 Å². The molecule has 1 N–H and O–H groups in total. The number of nitrogens with zero attached hydrogens (tertiary/aromatic N) is 4. The predicted octanol–water partition coefficient (Wildman–Crippen LogP) is 7.97. The van der Waals surface area contributed by atoms with E-state index in [1.807, 2.05) is 0 Å². The highest BCUT2D eigenvalue weighted by molar-refractivity contribution is 5.96. The third kappa shape index (κ3) is 5.16. The summed E-state index contributed by atoms with van der Waals surface area (Å²) in [6.07, 6.45) is -8.63. The number of halogens is 8. The molecule has 1 atom stereocenters. The van der Waals surface area contributed by atoms with E-state index in [9.17, 15) is 35.1 Å². The number of hydrogen-bond acceptors (Lipinski definition) is 4. The number of imidazole rings is 1. The summed E-state index contributed by atoms with van der Waals surface area (Å²) in [4.78, 5) is 9.56. The summed E-state index contributed by atoms with van der Waals surface area (Å²) in [5, 5.41) is 2.88. The topological polar surface area (TPSA) is 45.5 Å². The van der Waals surface area contributed by atoms with Gasteiger partial charge < -0.3 is 10.2 Å². The monoisotopic (exact) mass is 569 g/mol. The van der Waals surface area contributed by atoms with Gasteiger partial charge in [0.25, 0.3) is 5.92 Å². The fourth-order valence-electron chi connectivity index (χ4n) is 4.83. The Morgan fingerprint density at radius 3 is 2.30 bits per heavy atom. The highest BCUT2D eigenvalue weighted by Gasteiger charge is 2.39. The number of fused-ring (bicyclic) bond motifs is 3. The first-order valence-electron chi connectivity index (χ1n) is 12.3. The minimum absolute atomic E-state index is 0.0248. The van der Waals surface area contributed by atoms with Crippen LogP contribution < -0.4 is 10.2 Å². The summed E-state index contributed by atoms with van der Waals surface area (Å²) in [5.41, 5.74) is -1.57. The van der Waals surface area contributed by atoms with Crippen molar-refractivity contribution in [2.45, 2.75) is 44.1 Å². The van der Waals surface area contributed by atoms with Gasteiger partial charge in [-0.25, -0.2) is 18.7 Å². The van der Waals surface area contributed by atoms with Crippen LogP contribution in [-0.4, -0.2) is 33.4 Å². The molecule has 1 aliphatic rings. The van der Waals surface area contributed by atoms with Crippen molar-refractivity contribution in [3.8, 4) is 0 Å². The van der Waals surface area contributed by atoms with Crippen molar-refractivity contribution < 1.29 is 35.1 Å². The van der Waals surface area contributed by atoms with E-state index in [0.29, 0.717) is 23.5 Å². The normalized spacial score (nSPS) is 16.9. The minimum atomic E-state index is -4.90. The van der Waals surface area contributed by atoms with Crippen LogP contribution in [0.5, 0.6) is 0 Å². The molecule has 212 valence electrons. The second kappa shape index (κ2) is 9.63. The number of piperidine rings is 1. The van der Waals surface area contributed by atoms with E-state index in [4.69, 9.17) is 0 Å². The Bertz CT molecular complexity index is 1580. The van der Waals surface area contributed by atoms with Gasteiger partial charge in [-0.2, -0.15) is 26.3 Å². The number of rotatable bonds is 5. The smallest absolute Gasteiger partial charge is 0.378 e. The molecule has 2 aromatic carbocycles. The molecule has 5 nitrogen and oxygen atoms in total. The average molecular weight is 570 g/mol. The van der Waals surface area contributed by atoms with E-state index in [-0.39, 0.29) is 35.5 Å². The van der Waals surface area contributed by atoms with Crippen LogP contribution >= 0.6 is 0 Å². The van der Waals surface area contributed by atoms with Crippen LogP contribution in [0.15, 0.2) is 49.2 Å². The van der Waals surface area contributed by atoms with Crippen molar-refractivity contribution in [3.05, 3.63) is 71.6 Å². The van der Waals surface area contributed by atoms with Gasteiger partial charge in [0.2, 0.25) is 5.95 Å². The molecule has 0 amide bonds. The molecule has 1 aliphatic heterocycles. The number of alkyl halides is 8. The van der Waals surface area contributed by atoms with Gasteiger partial charge in [0.05, 0.1) is 17.1 Å². The van der Waals surface area contributed by atoms with Crippen LogP contribution in [0.2, 0.25) is 0 Å². The molecule has 4 aromatic rings. The van der Waals surface area contributed by atoms with Crippen molar-refractivity contribution in [1.82, 2.24) is 14.4 Å². The summed E-state index contributed by atoms with van der Waals surface area (Å²) < 4.78 is 112. The lowest BCUT2D eigenvalue weighted by Crippen LogP contribution is -2.40. The van der Waals surface area contributed by atoms with Crippen molar-refractivity contribution in [1.29, 1.82) is 0 Å². The maximum Gasteiger partial charge on any atom is 0.434 e. The standard InChI is InChI=1S/C27H23F8N5/c1-3-16-6-4-5-7-20(16)36-15(2)18-12-17(26(30,31)32)13-19-22(18)38-24(39-10-8-25(28,29)9-11-39)40-14-21(27(33,34)35)37-23(19)40/h3-7,12-15,36H,1,8-11H2,2H3. The largest absolute Gasteiger partial charge is 0.434 e. The van der Waals surface area contributed by atoms with E-state index in [1.54, 1.807) is 37.3 Å². The Morgan fingerprint density at radius 1 is 1.00 bits per heavy atom. The number of benzene rings is 2. The van der Waals surface area contributed by atoms with E-state index in [2.05, 4.69) is 21.9 Å². The summed E-state index contributed by atoms with van der Waals surface area (Å²) in [6, 6.07) is 7.74. The van der Waals surface area contributed by atoms with Crippen LogP contribution in [0.1, 0.15) is 48.2 Å². The second-order valence-electron chi connectivity index (χ2n) is 9.69. The Balaban J connectivity index is 1.77. The molecule has 2 aromatic heterocycles. The van der Waals surface area contributed by atoms with E-state index in [0.717, 1.165) is 10.5 Å². The molecule has 1 fully saturated rings. The van der Waals surface area contributed by atoms with Gasteiger partial charge in [0.1, 0.15) is 5.65 Å². The molecule has 0 saturated carbocycles. The van der Waals surface area contributed by atoms with Crippen LogP contribution in [0.4, 0.5) is 46.8 Å². The lowest BCUT2D eigenvalue weighted by atomic mass is 9.99. The third-order valence-corrected chi connectivity index (χ3v) is 6.93. The SMILES string of the molecule is C=Cc1ccccc1NC(C)c1cc(C(F)(F)F)cc2c1nc(N1CCC(F)(F)CC1)n1cc(C(F)(F)F)nc21. The zero-order valence-electron chi connectivity index (χ0n) is 21.0. The Kier molecular flexibility index (Phi) is 6.66. The number of anilines is 2. The molecule has 1 unspecified atom stereocenters. The molecular weight excluding hydrogens is 546 g/mol. The Hall–Kier alpha value is -3.90. The third-order valence-electron chi connectivity index (χ3n) is 6.93. The molecule has 0 radical (unpaired) electrons. The zero-order chi connectivity index (χ0) is 29.0. The molecule has 0 spiro atoms. The molecule has 0 aliphatic carbocycles. The van der Waals surface area contributed by atoms with Gasteiger partial charge in [0, 0.05) is 48.8 Å². The molecule has 1 saturated heterocycles. The van der Waals surface area contributed by atoms with E-state index < -0.39 is 54.1 Å².